The maximum atomic E-state index is 13.4. The van der Waals surface area contributed by atoms with E-state index in [-0.39, 0.29) is 13.2 Å². The number of hydrogen-bond acceptors (Lipinski definition) is 24. The highest BCUT2D eigenvalue weighted by molar-refractivity contribution is 5.80. The fourth-order valence-corrected chi connectivity index (χ4v) is 10.7. The van der Waals surface area contributed by atoms with E-state index in [2.05, 4.69) is 51.1 Å². The molecule has 2 heterocycles. The largest absolute Gasteiger partial charge is 0.544 e. The molecule has 0 aromatic heterocycles. The van der Waals surface area contributed by atoms with E-state index in [1.807, 2.05) is 103 Å². The first-order chi connectivity index (χ1) is 47.6. The third-order valence-corrected chi connectivity index (χ3v) is 15.2. The van der Waals surface area contributed by atoms with E-state index in [1.165, 1.54) is 20.8 Å². The van der Waals surface area contributed by atoms with Gasteiger partial charge in [-0.05, 0) is 81.8 Å². The van der Waals surface area contributed by atoms with Gasteiger partial charge in [0.25, 0.3) is 0 Å². The number of aliphatic carboxylic acids is 1. The lowest BCUT2D eigenvalue weighted by Gasteiger charge is -2.51. The van der Waals surface area contributed by atoms with Gasteiger partial charge < -0.3 is 63.2 Å². The summed E-state index contributed by atoms with van der Waals surface area (Å²) in [4.78, 5) is 105. The van der Waals surface area contributed by atoms with Gasteiger partial charge in [-0.3, -0.25) is 33.6 Å². The lowest BCUT2D eigenvalue weighted by molar-refractivity contribution is -0.386. The molecule has 6 aromatic carbocycles. The molecular formula is C69H73N12O18-. The first kappa shape index (κ1) is 75.1. The maximum Gasteiger partial charge on any atom is 0.303 e. The topological polar surface area (TPSA) is 414 Å². The van der Waals surface area contributed by atoms with Crippen molar-refractivity contribution in [1.29, 1.82) is 0 Å². The monoisotopic (exact) mass is 1360 g/mol. The number of amides is 2. The van der Waals surface area contributed by atoms with Crippen molar-refractivity contribution in [2.45, 2.75) is 122 Å². The van der Waals surface area contributed by atoms with Gasteiger partial charge in [0.1, 0.15) is 68.4 Å². The molecule has 8 rings (SSSR count). The molecule has 2 aliphatic heterocycles. The van der Waals surface area contributed by atoms with E-state index in [1.54, 1.807) is 73.7 Å². The van der Waals surface area contributed by atoms with Gasteiger partial charge in [0.15, 0.2) is 6.29 Å². The van der Waals surface area contributed by atoms with Gasteiger partial charge in [-0.1, -0.05) is 145 Å². The third kappa shape index (κ3) is 22.7. The SMILES string of the molecule is CC(=O)OCC1OC(OC(c2ccccc2)c2ccc(N=Nc3ccccc3)cc2)C(NC(=O)CN=[N+]=[N-])C(C)C1OC(C)=O.CC(=O)OC[C@@H](C)[C@@H](OC(C)=O)C1OC(OC(c2ccccc2)c2ccc(N=Nc3ccccc3)cc2)(C(=O)[O-])CC(OC(C)=O)C1NC(=O)CN=[N+]=[N-]. The Bertz CT molecular complexity index is 3870. The zero-order valence-electron chi connectivity index (χ0n) is 55.0. The predicted molar refractivity (Wildman–Crippen MR) is 349 cm³/mol. The zero-order chi connectivity index (χ0) is 71.4. The van der Waals surface area contributed by atoms with E-state index in [0.717, 1.165) is 37.6 Å². The van der Waals surface area contributed by atoms with Crippen LogP contribution in [0.4, 0.5) is 22.7 Å². The molecule has 0 spiro atoms. The highest BCUT2D eigenvalue weighted by Gasteiger charge is 2.56. The maximum absolute atomic E-state index is 13.4. The number of ether oxygens (including phenoxy) is 9. The number of azo groups is 2. The minimum atomic E-state index is -2.73. The smallest absolute Gasteiger partial charge is 0.303 e. The summed E-state index contributed by atoms with van der Waals surface area (Å²) in [6.07, 6.45) is -10.1. The first-order valence-electron chi connectivity index (χ1n) is 31.1. The molecule has 2 amide bonds. The van der Waals surface area contributed by atoms with Crippen LogP contribution in [-0.4, -0.2) is 129 Å². The van der Waals surface area contributed by atoms with Crippen molar-refractivity contribution >= 4 is 70.4 Å². The highest BCUT2D eigenvalue weighted by Crippen LogP contribution is 2.42. The molecule has 518 valence electrons. The summed E-state index contributed by atoms with van der Waals surface area (Å²) < 4.78 is 52.8. The molecule has 2 fully saturated rings. The minimum Gasteiger partial charge on any atom is -0.544 e. The van der Waals surface area contributed by atoms with Crippen molar-refractivity contribution in [3.8, 4) is 0 Å². The Labute approximate surface area is 568 Å². The fraction of sp³-hybridized carbons (Fsp3) is 0.362. The first-order valence-corrected chi connectivity index (χ1v) is 31.1. The molecule has 0 saturated carbocycles. The number of rotatable bonds is 28. The summed E-state index contributed by atoms with van der Waals surface area (Å²) in [6, 6.07) is 48.1. The molecule has 0 radical (unpaired) electrons. The number of azide groups is 2. The molecule has 2 saturated heterocycles. The number of hydrogen-bond donors (Lipinski definition) is 2. The molecule has 13 atom stereocenters. The molecule has 11 unspecified atom stereocenters. The third-order valence-electron chi connectivity index (χ3n) is 15.2. The molecule has 2 N–H and O–H groups in total. The van der Waals surface area contributed by atoms with Crippen molar-refractivity contribution in [2.24, 2.45) is 42.5 Å². The molecule has 6 aromatic rings. The number of benzene rings is 6. The number of carbonyl (C=O) groups is 8. The second-order valence-corrected chi connectivity index (χ2v) is 22.7. The van der Waals surface area contributed by atoms with Crippen molar-refractivity contribution in [3.63, 3.8) is 0 Å². The quantitative estimate of drug-likeness (QED) is 0.0151. The standard InChI is InChI=1S/C37H40N6O11.C32H34N6O7/c1-22(21-50-23(2)44)33(52-25(4)46)35-32(40-31(47)20-39-43-38)30(51-24(3)45)19-37(54-35,36(48)49)53-34(26-11-7-5-8-12-26)27-15-17-29(18-16-27)42-41-28-13-9-6-10-14-28;1-20-29(35-28(41)18-34-38-33)32(44-27(19-42-21(2)39)30(20)43-22(3)40)45-31(23-10-6-4-7-11-23)24-14-16-26(17-15-24)37-36-25-12-8-5-9-13-25/h5-18,22,30,32-35H,19-21H2,1-4H3,(H,40,47)(H,48,49);4-17,20,27,29-32H,18-19H2,1-3H3,(H,35,41)/p-1/t22-,30?,32?,33-,34?,35?,37?;/m1./s1. The Morgan fingerprint density at radius 2 is 1.00 bits per heavy atom. The molecule has 2 aliphatic rings. The van der Waals surface area contributed by atoms with Gasteiger partial charge in [0.2, 0.25) is 17.6 Å². The average molecular weight is 1360 g/mol. The number of carboxylic acid groups (broad SMARTS) is 1. The lowest BCUT2D eigenvalue weighted by atomic mass is 9.85. The number of nitrogens with zero attached hydrogens (tertiary/aromatic N) is 10. The Balaban J connectivity index is 0.000000283. The number of carboxylic acids is 1. The number of carbonyl (C=O) groups excluding carboxylic acids is 8. The Morgan fingerprint density at radius 1 is 0.566 bits per heavy atom. The Hall–Kier alpha value is -11.3. The predicted octanol–water partition coefficient (Wildman–Crippen LogP) is 10.2. The van der Waals surface area contributed by atoms with Crippen LogP contribution in [0.2, 0.25) is 0 Å². The Morgan fingerprint density at radius 3 is 1.44 bits per heavy atom. The van der Waals surface area contributed by atoms with Gasteiger partial charge in [0.05, 0.1) is 41.4 Å². The van der Waals surface area contributed by atoms with Gasteiger partial charge in [-0.2, -0.15) is 20.5 Å². The molecule has 30 heteroatoms. The highest BCUT2D eigenvalue weighted by atomic mass is 16.7. The second-order valence-electron chi connectivity index (χ2n) is 22.7. The van der Waals surface area contributed by atoms with E-state index < -0.39 is 146 Å². The molecule has 30 nitrogen and oxygen atoms in total. The van der Waals surface area contributed by atoms with Crippen molar-refractivity contribution in [3.05, 3.63) is 213 Å². The van der Waals surface area contributed by atoms with Crippen molar-refractivity contribution < 1.29 is 86.1 Å². The van der Waals surface area contributed by atoms with Crippen LogP contribution in [0.5, 0.6) is 0 Å². The number of nitrogens with one attached hydrogen (secondary N) is 2. The van der Waals surface area contributed by atoms with Gasteiger partial charge in [-0.25, -0.2) is 0 Å². The lowest BCUT2D eigenvalue weighted by Crippen LogP contribution is -2.70. The van der Waals surface area contributed by atoms with Crippen LogP contribution >= 0.6 is 0 Å². The van der Waals surface area contributed by atoms with Crippen LogP contribution in [0.3, 0.4) is 0 Å². The van der Waals surface area contributed by atoms with Gasteiger partial charge in [0, 0.05) is 62.7 Å². The summed E-state index contributed by atoms with van der Waals surface area (Å²) in [5.74, 6) is -11.0. The van der Waals surface area contributed by atoms with Crippen molar-refractivity contribution in [2.75, 3.05) is 26.3 Å². The van der Waals surface area contributed by atoms with Crippen LogP contribution in [0.1, 0.15) is 89.3 Å². The zero-order valence-corrected chi connectivity index (χ0v) is 55.0. The molecule has 0 bridgehead atoms. The summed E-state index contributed by atoms with van der Waals surface area (Å²) >= 11 is 0. The minimum absolute atomic E-state index is 0.214. The molecular weight excluding hydrogens is 1280 g/mol. The van der Waals surface area contributed by atoms with Crippen LogP contribution < -0.4 is 15.7 Å². The van der Waals surface area contributed by atoms with E-state index in [9.17, 15) is 43.5 Å². The average Bonchev–Trinajstić information content (AvgIpc) is 0.756. The Kier molecular flexibility index (Phi) is 28.3. The fourth-order valence-electron chi connectivity index (χ4n) is 10.7. The number of esters is 5. The van der Waals surface area contributed by atoms with Crippen LogP contribution in [0.25, 0.3) is 20.9 Å². The summed E-state index contributed by atoms with van der Waals surface area (Å²) in [5, 5.41) is 42.4. The van der Waals surface area contributed by atoms with E-state index in [4.69, 9.17) is 53.7 Å². The summed E-state index contributed by atoms with van der Waals surface area (Å²) in [6.45, 7) is 7.43. The van der Waals surface area contributed by atoms with Crippen LogP contribution in [0.15, 0.2) is 201 Å². The van der Waals surface area contributed by atoms with Gasteiger partial charge in [-0.15, -0.1) is 0 Å². The van der Waals surface area contributed by atoms with Crippen LogP contribution in [-0.2, 0) is 81.0 Å². The van der Waals surface area contributed by atoms with E-state index in [0.29, 0.717) is 28.2 Å². The normalized spacial score (nSPS) is 21.4. The van der Waals surface area contributed by atoms with E-state index >= 15 is 0 Å². The summed E-state index contributed by atoms with van der Waals surface area (Å²) in [5.41, 5.74) is 22.5. The van der Waals surface area contributed by atoms with Crippen molar-refractivity contribution in [1.82, 2.24) is 10.6 Å². The molecule has 99 heavy (non-hydrogen) atoms. The molecule has 0 aliphatic carbocycles. The summed E-state index contributed by atoms with van der Waals surface area (Å²) in [7, 11) is 0. The van der Waals surface area contributed by atoms with Crippen LogP contribution in [0, 0.1) is 11.8 Å². The second kappa shape index (κ2) is 37.3. The van der Waals surface area contributed by atoms with Gasteiger partial charge >= 0.3 is 29.8 Å².